The third-order valence-corrected chi connectivity index (χ3v) is 2.58. The molecule has 0 bridgehead atoms. The lowest BCUT2D eigenvalue weighted by molar-refractivity contribution is -0.385. The lowest BCUT2D eigenvalue weighted by Gasteiger charge is -2.14. The fourth-order valence-electron chi connectivity index (χ4n) is 1.70. The zero-order valence-corrected chi connectivity index (χ0v) is 9.93. The molecule has 0 fully saturated rings. The van der Waals surface area contributed by atoms with Gasteiger partial charge in [0, 0.05) is 17.7 Å². The van der Waals surface area contributed by atoms with E-state index in [1.165, 1.54) is 0 Å². The number of nitrogens with two attached hydrogens (primary N) is 1. The van der Waals surface area contributed by atoms with Gasteiger partial charge in [-0.3, -0.25) is 10.1 Å². The second-order valence-electron chi connectivity index (χ2n) is 4.54. The zero-order chi connectivity index (χ0) is 12.3. The van der Waals surface area contributed by atoms with Gasteiger partial charge in [0.2, 0.25) is 0 Å². The van der Waals surface area contributed by atoms with E-state index in [-0.39, 0.29) is 16.7 Å². The number of hydrogen-bond acceptors (Lipinski definition) is 3. The van der Waals surface area contributed by atoms with Crippen molar-refractivity contribution in [3.8, 4) is 0 Å². The van der Waals surface area contributed by atoms with E-state index in [1.807, 2.05) is 6.07 Å². The molecule has 2 N–H and O–H groups in total. The van der Waals surface area contributed by atoms with Gasteiger partial charge in [0.25, 0.3) is 5.69 Å². The first-order chi connectivity index (χ1) is 7.41. The smallest absolute Gasteiger partial charge is 0.272 e. The Hall–Kier alpha value is -1.42. The molecule has 4 heteroatoms. The number of nitro groups is 1. The van der Waals surface area contributed by atoms with E-state index in [1.54, 1.807) is 19.1 Å². The van der Waals surface area contributed by atoms with Crippen molar-refractivity contribution in [2.75, 3.05) is 0 Å². The number of benzene rings is 1. The summed E-state index contributed by atoms with van der Waals surface area (Å²) in [4.78, 5) is 10.4. The average Bonchev–Trinajstić information content (AvgIpc) is 2.16. The monoisotopic (exact) mass is 222 g/mol. The van der Waals surface area contributed by atoms with E-state index in [9.17, 15) is 10.1 Å². The van der Waals surface area contributed by atoms with Gasteiger partial charge in [-0.25, -0.2) is 0 Å². The minimum Gasteiger partial charge on any atom is -0.324 e. The van der Waals surface area contributed by atoms with Gasteiger partial charge in [-0.1, -0.05) is 26.0 Å². The zero-order valence-electron chi connectivity index (χ0n) is 9.93. The Morgan fingerprint density at radius 3 is 2.56 bits per heavy atom. The van der Waals surface area contributed by atoms with Gasteiger partial charge < -0.3 is 5.73 Å². The van der Waals surface area contributed by atoms with Crippen molar-refractivity contribution >= 4 is 5.69 Å². The molecule has 0 heterocycles. The highest BCUT2D eigenvalue weighted by Crippen LogP contribution is 2.25. The highest BCUT2D eigenvalue weighted by atomic mass is 16.6. The molecule has 1 rings (SSSR count). The first-order valence-electron chi connectivity index (χ1n) is 5.42. The van der Waals surface area contributed by atoms with Crippen molar-refractivity contribution in [2.24, 2.45) is 11.7 Å². The van der Waals surface area contributed by atoms with Crippen LogP contribution < -0.4 is 5.73 Å². The lowest BCUT2D eigenvalue weighted by atomic mass is 9.96. The van der Waals surface area contributed by atoms with Crippen LogP contribution in [0.1, 0.15) is 37.4 Å². The van der Waals surface area contributed by atoms with E-state index in [0.717, 1.165) is 12.0 Å². The molecule has 1 atom stereocenters. The Bertz CT molecular complexity index is 389. The van der Waals surface area contributed by atoms with Crippen molar-refractivity contribution in [3.05, 3.63) is 39.4 Å². The molecule has 0 saturated heterocycles. The highest BCUT2D eigenvalue weighted by molar-refractivity contribution is 5.43. The number of nitro benzene ring substituents is 1. The standard InChI is InChI=1S/C12H18N2O2/c1-8(2)6-11(13)10-5-4-9(3)12(7-10)14(15)16/h4-5,7-8,11H,6,13H2,1-3H3/t11-/m0/s1. The van der Waals surface area contributed by atoms with Crippen LogP contribution in [0.25, 0.3) is 0 Å². The SMILES string of the molecule is Cc1ccc([C@@H](N)CC(C)C)cc1[N+](=O)[O-]. The summed E-state index contributed by atoms with van der Waals surface area (Å²) < 4.78 is 0. The van der Waals surface area contributed by atoms with Crippen LogP contribution in [-0.4, -0.2) is 4.92 Å². The van der Waals surface area contributed by atoms with Gasteiger partial charge in [0.05, 0.1) is 4.92 Å². The molecule has 1 aromatic carbocycles. The molecule has 0 unspecified atom stereocenters. The summed E-state index contributed by atoms with van der Waals surface area (Å²) in [5.41, 5.74) is 7.65. The minimum atomic E-state index is -0.360. The van der Waals surface area contributed by atoms with Gasteiger partial charge in [0.1, 0.15) is 0 Å². The molecule has 0 radical (unpaired) electrons. The fourth-order valence-corrected chi connectivity index (χ4v) is 1.70. The molecule has 4 nitrogen and oxygen atoms in total. The maximum absolute atomic E-state index is 10.8. The van der Waals surface area contributed by atoms with Crippen LogP contribution in [0.4, 0.5) is 5.69 Å². The summed E-state index contributed by atoms with van der Waals surface area (Å²) >= 11 is 0. The molecule has 0 aliphatic carbocycles. The van der Waals surface area contributed by atoms with E-state index < -0.39 is 0 Å². The maximum Gasteiger partial charge on any atom is 0.272 e. The molecule has 1 aromatic rings. The molecular formula is C12H18N2O2. The first-order valence-corrected chi connectivity index (χ1v) is 5.42. The summed E-state index contributed by atoms with van der Waals surface area (Å²) in [6.07, 6.45) is 0.834. The number of nitrogens with zero attached hydrogens (tertiary/aromatic N) is 1. The Balaban J connectivity index is 2.98. The Morgan fingerprint density at radius 2 is 2.06 bits per heavy atom. The third-order valence-electron chi connectivity index (χ3n) is 2.58. The maximum atomic E-state index is 10.8. The van der Waals surface area contributed by atoms with Crippen molar-refractivity contribution in [2.45, 2.75) is 33.2 Å². The van der Waals surface area contributed by atoms with E-state index in [0.29, 0.717) is 11.5 Å². The molecule has 0 aliphatic rings. The van der Waals surface area contributed by atoms with Crippen LogP contribution in [0.15, 0.2) is 18.2 Å². The fraction of sp³-hybridized carbons (Fsp3) is 0.500. The highest BCUT2D eigenvalue weighted by Gasteiger charge is 2.15. The molecule has 88 valence electrons. The second-order valence-corrected chi connectivity index (χ2v) is 4.54. The summed E-state index contributed by atoms with van der Waals surface area (Å²) in [5, 5.41) is 10.8. The number of hydrogen-bond donors (Lipinski definition) is 1. The van der Waals surface area contributed by atoms with E-state index in [2.05, 4.69) is 13.8 Å². The molecule has 0 aliphatic heterocycles. The largest absolute Gasteiger partial charge is 0.324 e. The summed E-state index contributed by atoms with van der Waals surface area (Å²) in [6, 6.07) is 5.09. The van der Waals surface area contributed by atoms with Crippen LogP contribution in [0.5, 0.6) is 0 Å². The molecular weight excluding hydrogens is 204 g/mol. The van der Waals surface area contributed by atoms with Crippen LogP contribution in [0.3, 0.4) is 0 Å². The average molecular weight is 222 g/mol. The summed E-state index contributed by atoms with van der Waals surface area (Å²) in [6.45, 7) is 5.90. The summed E-state index contributed by atoms with van der Waals surface area (Å²) in [5.74, 6) is 0.482. The first kappa shape index (κ1) is 12.6. The van der Waals surface area contributed by atoms with Gasteiger partial charge in [-0.2, -0.15) is 0 Å². The van der Waals surface area contributed by atoms with Crippen molar-refractivity contribution in [1.82, 2.24) is 0 Å². The normalized spacial score (nSPS) is 12.8. The van der Waals surface area contributed by atoms with Gasteiger partial charge >= 0.3 is 0 Å². The molecule has 0 spiro atoms. The second kappa shape index (κ2) is 5.07. The van der Waals surface area contributed by atoms with Gasteiger partial charge in [0.15, 0.2) is 0 Å². The Labute approximate surface area is 95.6 Å². The summed E-state index contributed by atoms with van der Waals surface area (Å²) in [7, 11) is 0. The van der Waals surface area contributed by atoms with Crippen LogP contribution >= 0.6 is 0 Å². The van der Waals surface area contributed by atoms with Crippen LogP contribution in [0, 0.1) is 23.0 Å². The predicted molar refractivity (Wildman–Crippen MR) is 64.2 cm³/mol. The lowest BCUT2D eigenvalue weighted by Crippen LogP contribution is -2.13. The third kappa shape index (κ3) is 3.03. The molecule has 0 amide bonds. The minimum absolute atomic E-state index is 0.126. The van der Waals surface area contributed by atoms with Gasteiger partial charge in [-0.05, 0) is 24.8 Å². The topological polar surface area (TPSA) is 69.2 Å². The van der Waals surface area contributed by atoms with E-state index in [4.69, 9.17) is 5.73 Å². The molecule has 0 aromatic heterocycles. The van der Waals surface area contributed by atoms with Gasteiger partial charge in [-0.15, -0.1) is 0 Å². The quantitative estimate of drug-likeness (QED) is 0.629. The Morgan fingerprint density at radius 1 is 1.44 bits per heavy atom. The van der Waals surface area contributed by atoms with Crippen LogP contribution in [0.2, 0.25) is 0 Å². The number of rotatable bonds is 4. The number of aryl methyl sites for hydroxylation is 1. The molecule has 0 saturated carbocycles. The van der Waals surface area contributed by atoms with E-state index >= 15 is 0 Å². The van der Waals surface area contributed by atoms with Crippen molar-refractivity contribution in [3.63, 3.8) is 0 Å². The van der Waals surface area contributed by atoms with Crippen LogP contribution in [-0.2, 0) is 0 Å². The Kier molecular flexibility index (Phi) is 4.01. The van der Waals surface area contributed by atoms with Crippen molar-refractivity contribution < 1.29 is 4.92 Å². The molecule has 16 heavy (non-hydrogen) atoms. The predicted octanol–water partition coefficient (Wildman–Crippen LogP) is 2.95. The van der Waals surface area contributed by atoms with Crippen molar-refractivity contribution in [1.29, 1.82) is 0 Å².